The zero-order valence-electron chi connectivity index (χ0n) is 12.3. The molecule has 2 rings (SSSR count). The van der Waals surface area contributed by atoms with Crippen molar-refractivity contribution >= 4 is 11.6 Å². The molecule has 1 heterocycles. The molecule has 1 aliphatic rings. The van der Waals surface area contributed by atoms with E-state index >= 15 is 0 Å². The van der Waals surface area contributed by atoms with Gasteiger partial charge in [-0.05, 0) is 64.5 Å². The summed E-state index contributed by atoms with van der Waals surface area (Å²) in [5.74, 6) is 0.0253. The lowest BCUT2D eigenvalue weighted by Crippen LogP contribution is -2.39. The van der Waals surface area contributed by atoms with Gasteiger partial charge in [0.2, 0.25) is 5.91 Å². The van der Waals surface area contributed by atoms with Crippen molar-refractivity contribution in [3.8, 4) is 0 Å². The number of hydrogen-bond donors (Lipinski definition) is 2. The number of benzene rings is 1. The average molecular weight is 275 g/mol. The largest absolute Gasteiger partial charge is 0.325 e. The quantitative estimate of drug-likeness (QED) is 0.749. The first kappa shape index (κ1) is 15.0. The van der Waals surface area contributed by atoms with Crippen LogP contribution >= 0.6 is 0 Å². The van der Waals surface area contributed by atoms with E-state index in [4.69, 9.17) is 0 Å². The first-order valence-corrected chi connectivity index (χ1v) is 7.57. The Morgan fingerprint density at radius 1 is 1.25 bits per heavy atom. The molecule has 0 radical (unpaired) electrons. The highest BCUT2D eigenvalue weighted by atomic mass is 16.2. The van der Waals surface area contributed by atoms with Gasteiger partial charge < -0.3 is 15.5 Å². The summed E-state index contributed by atoms with van der Waals surface area (Å²) >= 11 is 0. The molecule has 0 spiro atoms. The van der Waals surface area contributed by atoms with Gasteiger partial charge in [0.1, 0.15) is 0 Å². The van der Waals surface area contributed by atoms with Crippen LogP contribution in [-0.2, 0) is 4.79 Å². The lowest BCUT2D eigenvalue weighted by Gasteiger charge is -2.17. The molecule has 0 aliphatic carbocycles. The van der Waals surface area contributed by atoms with E-state index in [9.17, 15) is 4.79 Å². The number of carbonyl (C=O) groups is 1. The Balaban J connectivity index is 1.61. The zero-order chi connectivity index (χ0) is 14.2. The molecule has 4 nitrogen and oxygen atoms in total. The predicted octanol–water partition coefficient (Wildman–Crippen LogP) is 2.09. The number of hydrogen-bond acceptors (Lipinski definition) is 3. The summed E-state index contributed by atoms with van der Waals surface area (Å²) in [6, 6.07) is 9.42. The third-order valence-electron chi connectivity index (χ3n) is 3.73. The number of likely N-dealkylation sites (tertiary alicyclic amines) is 1. The Morgan fingerprint density at radius 3 is 2.65 bits per heavy atom. The maximum Gasteiger partial charge on any atom is 0.241 e. The smallest absolute Gasteiger partial charge is 0.241 e. The van der Waals surface area contributed by atoms with Gasteiger partial charge in [-0.2, -0.15) is 0 Å². The van der Waals surface area contributed by atoms with Gasteiger partial charge in [0, 0.05) is 5.69 Å². The molecular weight excluding hydrogens is 250 g/mol. The number of anilines is 1. The minimum absolute atomic E-state index is 0.0253. The van der Waals surface area contributed by atoms with E-state index in [1.807, 2.05) is 37.3 Å². The van der Waals surface area contributed by atoms with Crippen molar-refractivity contribution in [1.82, 2.24) is 10.2 Å². The molecule has 1 amide bonds. The molecule has 1 aromatic rings. The SMILES string of the molecule is CC(NCCCN1CCCC1)C(=O)Nc1ccccc1. The maximum atomic E-state index is 12.0. The van der Waals surface area contributed by atoms with Crippen LogP contribution in [0.4, 0.5) is 5.69 Å². The number of amides is 1. The van der Waals surface area contributed by atoms with E-state index in [2.05, 4.69) is 15.5 Å². The van der Waals surface area contributed by atoms with Crippen molar-refractivity contribution in [2.24, 2.45) is 0 Å². The van der Waals surface area contributed by atoms with Crippen LogP contribution in [0.1, 0.15) is 26.2 Å². The molecule has 1 saturated heterocycles. The van der Waals surface area contributed by atoms with Crippen molar-refractivity contribution in [2.45, 2.75) is 32.2 Å². The molecule has 1 aliphatic heterocycles. The summed E-state index contributed by atoms with van der Waals surface area (Å²) < 4.78 is 0. The van der Waals surface area contributed by atoms with Crippen molar-refractivity contribution < 1.29 is 4.79 Å². The Bertz CT molecular complexity index is 401. The van der Waals surface area contributed by atoms with E-state index in [1.54, 1.807) is 0 Å². The van der Waals surface area contributed by atoms with Gasteiger partial charge in [-0.1, -0.05) is 18.2 Å². The molecule has 0 saturated carbocycles. The fourth-order valence-corrected chi connectivity index (χ4v) is 2.49. The van der Waals surface area contributed by atoms with Gasteiger partial charge in [0.05, 0.1) is 6.04 Å². The van der Waals surface area contributed by atoms with E-state index < -0.39 is 0 Å². The van der Waals surface area contributed by atoms with Crippen molar-refractivity contribution in [2.75, 3.05) is 31.5 Å². The molecule has 20 heavy (non-hydrogen) atoms. The Hall–Kier alpha value is -1.39. The van der Waals surface area contributed by atoms with Crippen LogP contribution in [-0.4, -0.2) is 43.0 Å². The summed E-state index contributed by atoms with van der Waals surface area (Å²) in [6.45, 7) is 6.42. The predicted molar refractivity (Wildman–Crippen MR) is 82.8 cm³/mol. The molecule has 4 heteroatoms. The molecule has 2 N–H and O–H groups in total. The van der Waals surface area contributed by atoms with Crippen LogP contribution in [0.25, 0.3) is 0 Å². The van der Waals surface area contributed by atoms with E-state index in [-0.39, 0.29) is 11.9 Å². The Morgan fingerprint density at radius 2 is 1.95 bits per heavy atom. The number of carbonyl (C=O) groups excluding carboxylic acids is 1. The fraction of sp³-hybridized carbons (Fsp3) is 0.562. The Labute approximate surface area is 121 Å². The number of nitrogens with one attached hydrogen (secondary N) is 2. The molecule has 1 atom stereocenters. The Kier molecular flexibility index (Phi) is 6.02. The topological polar surface area (TPSA) is 44.4 Å². The highest BCUT2D eigenvalue weighted by molar-refractivity contribution is 5.94. The van der Waals surface area contributed by atoms with Crippen molar-refractivity contribution in [3.05, 3.63) is 30.3 Å². The van der Waals surface area contributed by atoms with Gasteiger partial charge in [0.15, 0.2) is 0 Å². The average Bonchev–Trinajstić information content (AvgIpc) is 2.97. The van der Waals surface area contributed by atoms with Crippen LogP contribution in [0.5, 0.6) is 0 Å². The van der Waals surface area contributed by atoms with Gasteiger partial charge in [-0.3, -0.25) is 4.79 Å². The fourth-order valence-electron chi connectivity index (χ4n) is 2.49. The normalized spacial score (nSPS) is 17.1. The highest BCUT2D eigenvalue weighted by Crippen LogP contribution is 2.07. The highest BCUT2D eigenvalue weighted by Gasteiger charge is 2.13. The van der Waals surface area contributed by atoms with E-state index in [1.165, 1.54) is 25.9 Å². The first-order valence-electron chi connectivity index (χ1n) is 7.57. The minimum Gasteiger partial charge on any atom is -0.325 e. The lowest BCUT2D eigenvalue weighted by molar-refractivity contribution is -0.117. The monoisotopic (exact) mass is 275 g/mol. The first-order chi connectivity index (χ1) is 9.75. The standard InChI is InChI=1S/C16H25N3O/c1-14(16(20)18-15-8-3-2-4-9-15)17-10-7-13-19-11-5-6-12-19/h2-4,8-9,14,17H,5-7,10-13H2,1H3,(H,18,20). The summed E-state index contributed by atoms with van der Waals surface area (Å²) in [6.07, 6.45) is 3.77. The number of nitrogens with zero attached hydrogens (tertiary/aromatic N) is 1. The molecule has 1 aromatic carbocycles. The third-order valence-corrected chi connectivity index (χ3v) is 3.73. The van der Waals surface area contributed by atoms with Gasteiger partial charge in [0.25, 0.3) is 0 Å². The van der Waals surface area contributed by atoms with Crippen LogP contribution < -0.4 is 10.6 Å². The second-order valence-electron chi connectivity index (χ2n) is 5.43. The van der Waals surface area contributed by atoms with Crippen LogP contribution in [0.3, 0.4) is 0 Å². The minimum atomic E-state index is -0.159. The number of para-hydroxylation sites is 1. The van der Waals surface area contributed by atoms with Gasteiger partial charge in [-0.25, -0.2) is 0 Å². The summed E-state index contributed by atoms with van der Waals surface area (Å²) in [5.41, 5.74) is 0.850. The molecule has 1 fully saturated rings. The number of rotatable bonds is 7. The second-order valence-corrected chi connectivity index (χ2v) is 5.43. The second kappa shape index (κ2) is 8.02. The summed E-state index contributed by atoms with van der Waals surface area (Å²) in [7, 11) is 0. The maximum absolute atomic E-state index is 12.0. The molecular formula is C16H25N3O. The molecule has 0 aromatic heterocycles. The van der Waals surface area contributed by atoms with Crippen LogP contribution in [0.2, 0.25) is 0 Å². The van der Waals surface area contributed by atoms with Gasteiger partial charge >= 0.3 is 0 Å². The van der Waals surface area contributed by atoms with Crippen LogP contribution in [0.15, 0.2) is 30.3 Å². The summed E-state index contributed by atoms with van der Waals surface area (Å²) in [5, 5.41) is 6.20. The van der Waals surface area contributed by atoms with E-state index in [0.29, 0.717) is 0 Å². The lowest BCUT2D eigenvalue weighted by atomic mass is 10.2. The van der Waals surface area contributed by atoms with Crippen molar-refractivity contribution in [1.29, 1.82) is 0 Å². The van der Waals surface area contributed by atoms with E-state index in [0.717, 1.165) is 25.2 Å². The molecule has 110 valence electrons. The molecule has 0 bridgehead atoms. The summed E-state index contributed by atoms with van der Waals surface area (Å²) in [4.78, 5) is 14.5. The molecule has 1 unspecified atom stereocenters. The van der Waals surface area contributed by atoms with Crippen LogP contribution in [0, 0.1) is 0 Å². The van der Waals surface area contributed by atoms with Gasteiger partial charge in [-0.15, -0.1) is 0 Å². The van der Waals surface area contributed by atoms with Crippen molar-refractivity contribution in [3.63, 3.8) is 0 Å². The third kappa shape index (κ3) is 4.94. The zero-order valence-corrected chi connectivity index (χ0v) is 12.3.